The van der Waals surface area contributed by atoms with Crippen molar-refractivity contribution in [2.75, 3.05) is 0 Å². The van der Waals surface area contributed by atoms with E-state index in [1.165, 1.54) is 0 Å². The molecule has 1 aromatic heterocycles. The second-order valence-corrected chi connectivity index (χ2v) is 4.27. The summed E-state index contributed by atoms with van der Waals surface area (Å²) in [6, 6.07) is 3.17. The molecule has 0 atom stereocenters. The number of nitrogens with zero attached hydrogens (tertiary/aromatic N) is 1. The number of hydrogen-bond acceptors (Lipinski definition) is 3. The average Bonchev–Trinajstić information content (AvgIpc) is 2.98. The van der Waals surface area contributed by atoms with Gasteiger partial charge in [0.1, 0.15) is 5.52 Å². The van der Waals surface area contributed by atoms with E-state index in [1.54, 1.807) is 12.1 Å². The molecule has 0 spiro atoms. The zero-order valence-electron chi connectivity index (χ0n) is 8.86. The molecule has 0 radical (unpaired) electrons. The van der Waals surface area contributed by atoms with Crippen molar-refractivity contribution in [3.8, 4) is 0 Å². The summed E-state index contributed by atoms with van der Waals surface area (Å²) in [5.74, 6) is 0.259. The lowest BCUT2D eigenvalue weighted by Gasteiger charge is -1.96. The van der Waals surface area contributed by atoms with Gasteiger partial charge in [0.05, 0.1) is 5.56 Å². The zero-order chi connectivity index (χ0) is 11.3. The number of hydrogen-bond donors (Lipinski definition) is 1. The largest absolute Gasteiger partial charge is 0.478 e. The van der Waals surface area contributed by atoms with E-state index in [1.807, 2.05) is 6.92 Å². The number of oxazole rings is 1. The Morgan fingerprint density at radius 3 is 2.88 bits per heavy atom. The molecule has 1 fully saturated rings. The molecular weight excluding hydrogens is 206 g/mol. The quantitative estimate of drug-likeness (QED) is 0.840. The summed E-state index contributed by atoms with van der Waals surface area (Å²) in [6.07, 6.45) is 2.25. The number of benzene rings is 1. The van der Waals surface area contributed by atoms with Gasteiger partial charge in [0.25, 0.3) is 0 Å². The highest BCUT2D eigenvalue weighted by Crippen LogP contribution is 2.40. The predicted octanol–water partition coefficient (Wildman–Crippen LogP) is 2.71. The van der Waals surface area contributed by atoms with Crippen LogP contribution in [0.15, 0.2) is 16.5 Å². The van der Waals surface area contributed by atoms with Crippen LogP contribution in [-0.4, -0.2) is 16.1 Å². The molecule has 0 amide bonds. The van der Waals surface area contributed by atoms with Crippen molar-refractivity contribution in [3.63, 3.8) is 0 Å². The lowest BCUT2D eigenvalue weighted by Crippen LogP contribution is -1.96. The first kappa shape index (κ1) is 9.39. The maximum absolute atomic E-state index is 10.9. The molecule has 82 valence electrons. The fraction of sp³-hybridized carbons (Fsp3) is 0.333. The van der Waals surface area contributed by atoms with E-state index in [2.05, 4.69) is 4.98 Å². The standard InChI is InChI=1S/C12H11NO3/c1-6-4-8(12(14)15)5-9-10(6)13-11(16-9)7-2-3-7/h4-5,7H,2-3H2,1H3,(H,14,15). The molecule has 1 aromatic carbocycles. The third-order valence-electron chi connectivity index (χ3n) is 2.88. The van der Waals surface area contributed by atoms with Crippen LogP contribution in [0.4, 0.5) is 0 Å². The van der Waals surface area contributed by atoms with Crippen LogP contribution in [-0.2, 0) is 0 Å². The van der Waals surface area contributed by atoms with Crippen LogP contribution in [0.2, 0.25) is 0 Å². The molecule has 3 rings (SSSR count). The fourth-order valence-electron chi connectivity index (χ4n) is 1.84. The van der Waals surface area contributed by atoms with Crippen molar-refractivity contribution >= 4 is 17.1 Å². The smallest absolute Gasteiger partial charge is 0.335 e. The van der Waals surface area contributed by atoms with Crippen molar-refractivity contribution in [2.45, 2.75) is 25.7 Å². The zero-order valence-corrected chi connectivity index (χ0v) is 8.86. The van der Waals surface area contributed by atoms with Crippen molar-refractivity contribution < 1.29 is 14.3 Å². The second-order valence-electron chi connectivity index (χ2n) is 4.27. The number of rotatable bonds is 2. The molecular formula is C12H11NO3. The summed E-state index contributed by atoms with van der Waals surface area (Å²) < 4.78 is 5.59. The van der Waals surface area contributed by atoms with Crippen molar-refractivity contribution in [3.05, 3.63) is 29.2 Å². The van der Waals surface area contributed by atoms with Gasteiger partial charge in [-0.05, 0) is 37.5 Å². The molecule has 1 aliphatic carbocycles. The van der Waals surface area contributed by atoms with Gasteiger partial charge < -0.3 is 9.52 Å². The first-order valence-corrected chi connectivity index (χ1v) is 5.29. The molecule has 0 aliphatic heterocycles. The maximum Gasteiger partial charge on any atom is 0.335 e. The molecule has 0 bridgehead atoms. The van der Waals surface area contributed by atoms with Crippen LogP contribution in [0.3, 0.4) is 0 Å². The van der Waals surface area contributed by atoms with Crippen molar-refractivity contribution in [1.82, 2.24) is 4.98 Å². The van der Waals surface area contributed by atoms with E-state index in [0.29, 0.717) is 11.5 Å². The minimum atomic E-state index is -0.936. The SMILES string of the molecule is Cc1cc(C(=O)O)cc2oc(C3CC3)nc12. The van der Waals surface area contributed by atoms with Gasteiger partial charge in [-0.3, -0.25) is 0 Å². The molecule has 16 heavy (non-hydrogen) atoms. The van der Waals surface area contributed by atoms with Gasteiger partial charge >= 0.3 is 5.97 Å². The molecule has 1 N–H and O–H groups in total. The van der Waals surface area contributed by atoms with Crippen molar-refractivity contribution in [1.29, 1.82) is 0 Å². The Balaban J connectivity index is 2.21. The van der Waals surface area contributed by atoms with Crippen molar-refractivity contribution in [2.24, 2.45) is 0 Å². The summed E-state index contributed by atoms with van der Waals surface area (Å²) in [4.78, 5) is 15.3. The molecule has 0 saturated heterocycles. The molecule has 0 unspecified atom stereocenters. The Kier molecular flexibility index (Phi) is 1.80. The topological polar surface area (TPSA) is 63.3 Å². The van der Waals surface area contributed by atoms with E-state index < -0.39 is 5.97 Å². The van der Waals surface area contributed by atoms with Gasteiger partial charge in [0.15, 0.2) is 11.5 Å². The van der Waals surface area contributed by atoms with Crippen LogP contribution in [0.5, 0.6) is 0 Å². The van der Waals surface area contributed by atoms with Crippen LogP contribution >= 0.6 is 0 Å². The number of carboxylic acids is 1. The normalized spacial score (nSPS) is 15.6. The predicted molar refractivity (Wildman–Crippen MR) is 57.7 cm³/mol. The highest BCUT2D eigenvalue weighted by molar-refractivity contribution is 5.93. The third kappa shape index (κ3) is 1.38. The van der Waals surface area contributed by atoms with Crippen LogP contribution < -0.4 is 0 Å². The van der Waals surface area contributed by atoms with Gasteiger partial charge in [-0.25, -0.2) is 9.78 Å². The summed E-state index contributed by atoms with van der Waals surface area (Å²) in [7, 11) is 0. The monoisotopic (exact) mass is 217 g/mol. The van der Waals surface area contributed by atoms with Crippen LogP contribution in [0.25, 0.3) is 11.1 Å². The number of fused-ring (bicyclic) bond motifs is 1. The molecule has 1 saturated carbocycles. The van der Waals surface area contributed by atoms with Gasteiger partial charge in [-0.2, -0.15) is 0 Å². The molecule has 1 heterocycles. The van der Waals surface area contributed by atoms with E-state index in [4.69, 9.17) is 9.52 Å². The van der Waals surface area contributed by atoms with E-state index in [0.717, 1.165) is 29.8 Å². The number of aromatic carboxylic acids is 1. The van der Waals surface area contributed by atoms with E-state index in [-0.39, 0.29) is 5.56 Å². The highest BCUT2D eigenvalue weighted by atomic mass is 16.4. The third-order valence-corrected chi connectivity index (χ3v) is 2.88. The second kappa shape index (κ2) is 3.07. The number of aryl methyl sites for hydroxylation is 1. The Labute approximate surface area is 91.9 Å². The molecule has 4 nitrogen and oxygen atoms in total. The Morgan fingerprint density at radius 2 is 2.25 bits per heavy atom. The van der Waals surface area contributed by atoms with Gasteiger partial charge in [0, 0.05) is 5.92 Å². The number of aromatic nitrogens is 1. The molecule has 1 aliphatic rings. The fourth-order valence-corrected chi connectivity index (χ4v) is 1.84. The van der Waals surface area contributed by atoms with Crippen LogP contribution in [0, 0.1) is 6.92 Å². The lowest BCUT2D eigenvalue weighted by molar-refractivity contribution is 0.0697. The maximum atomic E-state index is 10.9. The average molecular weight is 217 g/mol. The first-order valence-electron chi connectivity index (χ1n) is 5.29. The minimum absolute atomic E-state index is 0.253. The minimum Gasteiger partial charge on any atom is -0.478 e. The summed E-state index contributed by atoms with van der Waals surface area (Å²) in [6.45, 7) is 1.86. The van der Waals surface area contributed by atoms with Crippen LogP contribution in [0.1, 0.15) is 40.6 Å². The van der Waals surface area contributed by atoms with E-state index in [9.17, 15) is 4.79 Å². The number of carbonyl (C=O) groups is 1. The lowest BCUT2D eigenvalue weighted by atomic mass is 10.1. The first-order chi connectivity index (χ1) is 7.65. The summed E-state index contributed by atoms with van der Waals surface area (Å²) >= 11 is 0. The van der Waals surface area contributed by atoms with Gasteiger partial charge in [-0.1, -0.05) is 0 Å². The summed E-state index contributed by atoms with van der Waals surface area (Å²) in [5, 5.41) is 8.93. The summed E-state index contributed by atoms with van der Waals surface area (Å²) in [5.41, 5.74) is 2.47. The molecule has 2 aromatic rings. The number of carboxylic acid groups (broad SMARTS) is 1. The van der Waals surface area contributed by atoms with Gasteiger partial charge in [0.2, 0.25) is 0 Å². The van der Waals surface area contributed by atoms with E-state index >= 15 is 0 Å². The Bertz CT molecular complexity index is 581. The molecule has 4 heteroatoms. The van der Waals surface area contributed by atoms with Gasteiger partial charge in [-0.15, -0.1) is 0 Å². The Hall–Kier alpha value is -1.84. The Morgan fingerprint density at radius 1 is 1.50 bits per heavy atom. The highest BCUT2D eigenvalue weighted by Gasteiger charge is 2.29.